The number of aromatic nitrogens is 4. The molecular weight excluding hydrogens is 308 g/mol. The lowest BCUT2D eigenvalue weighted by atomic mass is 10.2. The Morgan fingerprint density at radius 3 is 2.62 bits per heavy atom. The Labute approximate surface area is 136 Å². The molecule has 9 heteroatoms. The Morgan fingerprint density at radius 1 is 1.21 bits per heavy atom. The minimum atomic E-state index is -0.320. The molecule has 0 fully saturated rings. The third-order valence-corrected chi connectivity index (χ3v) is 3.14. The monoisotopic (exact) mass is 320 g/mol. The normalized spacial score (nSPS) is 10.2. The first-order valence-corrected chi connectivity index (χ1v) is 6.90. The van der Waals surface area contributed by atoms with Gasteiger partial charge in [-0.05, 0) is 24.3 Å². The van der Waals surface area contributed by atoms with Crippen LogP contribution in [-0.2, 0) is 4.79 Å². The highest BCUT2D eigenvalue weighted by atomic mass is 16.2. The predicted octanol–water partition coefficient (Wildman–Crippen LogP) is 1.01. The Balaban J connectivity index is 2.02. The van der Waals surface area contributed by atoms with Crippen LogP contribution in [0.25, 0.3) is 11.0 Å². The fourth-order valence-corrected chi connectivity index (χ4v) is 2.07. The van der Waals surface area contributed by atoms with Gasteiger partial charge in [0.2, 0.25) is 5.91 Å². The zero-order chi connectivity index (χ0) is 17.1. The highest BCUT2D eigenvalue weighted by Crippen LogP contribution is 2.19. The molecule has 0 saturated heterocycles. The zero-order valence-electron chi connectivity index (χ0n) is 12.6. The van der Waals surface area contributed by atoms with Crippen molar-refractivity contribution < 1.29 is 4.79 Å². The molecule has 3 rings (SSSR count). The molecule has 0 unspecified atom stereocenters. The van der Waals surface area contributed by atoms with Gasteiger partial charge in [0.15, 0.2) is 11.3 Å². The lowest BCUT2D eigenvalue weighted by Gasteiger charge is -2.10. The van der Waals surface area contributed by atoms with Gasteiger partial charge in [-0.2, -0.15) is 5.26 Å². The van der Waals surface area contributed by atoms with Crippen LogP contribution >= 0.6 is 0 Å². The van der Waals surface area contributed by atoms with Crippen LogP contribution in [0.4, 0.5) is 11.5 Å². The van der Waals surface area contributed by atoms with E-state index in [1.165, 1.54) is 24.3 Å². The summed E-state index contributed by atoms with van der Waals surface area (Å²) in [6.45, 7) is 1.34. The van der Waals surface area contributed by atoms with Crippen molar-refractivity contribution in [1.82, 2.24) is 19.6 Å². The Kier molecular flexibility index (Phi) is 3.86. The largest absolute Gasteiger partial charge is 0.338 e. The molecule has 0 bridgehead atoms. The van der Waals surface area contributed by atoms with E-state index >= 15 is 0 Å². The topological polar surface area (TPSA) is 132 Å². The van der Waals surface area contributed by atoms with Gasteiger partial charge in [0.1, 0.15) is 23.7 Å². The van der Waals surface area contributed by atoms with Crippen LogP contribution in [0.1, 0.15) is 12.5 Å². The van der Waals surface area contributed by atoms with Crippen molar-refractivity contribution in [2.75, 3.05) is 10.7 Å². The third kappa shape index (κ3) is 2.89. The Morgan fingerprint density at radius 2 is 1.96 bits per heavy atom. The molecular formula is C15H12N8O. The first-order chi connectivity index (χ1) is 11.6. The smallest absolute Gasteiger partial charge is 0.235 e. The summed E-state index contributed by atoms with van der Waals surface area (Å²) in [5.74, 6) is 0.104. The van der Waals surface area contributed by atoms with Crippen LogP contribution in [0.15, 0.2) is 36.9 Å². The summed E-state index contributed by atoms with van der Waals surface area (Å²) in [6, 6.07) is 8.90. The average molecular weight is 320 g/mol. The first-order valence-electron chi connectivity index (χ1n) is 6.90. The highest BCUT2D eigenvalue weighted by molar-refractivity contribution is 5.86. The molecule has 0 aliphatic heterocycles. The zero-order valence-corrected chi connectivity index (χ0v) is 12.6. The second-order valence-electron chi connectivity index (χ2n) is 4.86. The second kappa shape index (κ2) is 6.13. The van der Waals surface area contributed by atoms with E-state index in [4.69, 9.17) is 10.7 Å². The van der Waals surface area contributed by atoms with Gasteiger partial charge in [0, 0.05) is 12.6 Å². The molecule has 2 aromatic heterocycles. The lowest BCUT2D eigenvalue weighted by Crippen LogP contribution is -2.32. The number of hydrogen-bond donors (Lipinski definition) is 3. The van der Waals surface area contributed by atoms with Crippen LogP contribution in [0.5, 0.6) is 0 Å². The summed E-state index contributed by atoms with van der Waals surface area (Å²) in [6.07, 6.45) is 2.63. The SMILES string of the molecule is CC(=O)Nn1cnc2c(Nc3ccc(C#N)cc3)ncnc2c1=N. The molecule has 0 saturated carbocycles. The van der Waals surface area contributed by atoms with Gasteiger partial charge >= 0.3 is 0 Å². The van der Waals surface area contributed by atoms with Crippen LogP contribution in [0, 0.1) is 16.7 Å². The number of carbonyl (C=O) groups excluding carboxylic acids is 1. The van der Waals surface area contributed by atoms with Crippen LogP contribution in [0.3, 0.4) is 0 Å². The van der Waals surface area contributed by atoms with E-state index in [0.29, 0.717) is 16.9 Å². The number of rotatable bonds is 3. The quantitative estimate of drug-likeness (QED) is 0.659. The number of nitrogens with zero attached hydrogens (tertiary/aromatic N) is 5. The van der Waals surface area contributed by atoms with E-state index in [9.17, 15) is 4.79 Å². The Hall–Kier alpha value is -3.80. The van der Waals surface area contributed by atoms with Crippen molar-refractivity contribution in [3.63, 3.8) is 0 Å². The van der Waals surface area contributed by atoms with E-state index in [0.717, 1.165) is 5.69 Å². The minimum absolute atomic E-state index is 0.0134. The van der Waals surface area contributed by atoms with Gasteiger partial charge in [0.05, 0.1) is 11.6 Å². The number of hydrogen-bond acceptors (Lipinski definition) is 7. The van der Waals surface area contributed by atoms with Gasteiger partial charge in [-0.1, -0.05) is 0 Å². The molecule has 3 aromatic rings. The average Bonchev–Trinajstić information content (AvgIpc) is 2.58. The lowest BCUT2D eigenvalue weighted by molar-refractivity contribution is -0.115. The summed E-state index contributed by atoms with van der Waals surface area (Å²) in [5, 5.41) is 20.0. The molecule has 1 aromatic carbocycles. The summed E-state index contributed by atoms with van der Waals surface area (Å²) in [4.78, 5) is 23.6. The third-order valence-electron chi connectivity index (χ3n) is 3.14. The van der Waals surface area contributed by atoms with Crippen molar-refractivity contribution in [3.8, 4) is 6.07 Å². The molecule has 3 N–H and O–H groups in total. The van der Waals surface area contributed by atoms with Gasteiger partial charge < -0.3 is 5.32 Å². The minimum Gasteiger partial charge on any atom is -0.338 e. The van der Waals surface area contributed by atoms with Crippen molar-refractivity contribution in [1.29, 1.82) is 10.7 Å². The van der Waals surface area contributed by atoms with E-state index in [1.54, 1.807) is 24.3 Å². The van der Waals surface area contributed by atoms with Crippen molar-refractivity contribution in [3.05, 3.63) is 48.0 Å². The molecule has 118 valence electrons. The molecule has 0 aliphatic rings. The van der Waals surface area contributed by atoms with Crippen LogP contribution in [0.2, 0.25) is 0 Å². The molecule has 0 spiro atoms. The molecule has 0 atom stereocenters. The molecule has 0 aliphatic carbocycles. The van der Waals surface area contributed by atoms with Gasteiger partial charge in [0.25, 0.3) is 0 Å². The number of nitrogens with one attached hydrogen (secondary N) is 3. The predicted molar refractivity (Wildman–Crippen MR) is 85.7 cm³/mol. The van der Waals surface area contributed by atoms with E-state index in [1.807, 2.05) is 6.07 Å². The van der Waals surface area contributed by atoms with Gasteiger partial charge in [-0.15, -0.1) is 0 Å². The number of amides is 1. The summed E-state index contributed by atoms with van der Waals surface area (Å²) < 4.78 is 1.18. The number of anilines is 2. The maximum Gasteiger partial charge on any atom is 0.235 e. The molecule has 24 heavy (non-hydrogen) atoms. The molecule has 1 amide bonds. The molecule has 9 nitrogen and oxygen atoms in total. The van der Waals surface area contributed by atoms with Crippen LogP contribution < -0.4 is 16.2 Å². The number of fused-ring (bicyclic) bond motifs is 1. The van der Waals surface area contributed by atoms with E-state index in [2.05, 4.69) is 25.7 Å². The Bertz CT molecular complexity index is 1020. The first kappa shape index (κ1) is 15.1. The summed E-state index contributed by atoms with van der Waals surface area (Å²) in [7, 11) is 0. The standard InChI is InChI=1S/C15H12N8O/c1-9(24)22-23-8-20-13-12(14(23)17)18-7-19-15(13)21-11-4-2-10(6-16)3-5-11/h2-5,7-8,17H,1H3,(H,22,24)(H,18,19,21). The van der Waals surface area contributed by atoms with Crippen molar-refractivity contribution in [2.24, 2.45) is 0 Å². The van der Waals surface area contributed by atoms with Crippen LogP contribution in [-0.4, -0.2) is 25.5 Å². The number of carbonyl (C=O) groups is 1. The van der Waals surface area contributed by atoms with Gasteiger partial charge in [-0.25, -0.2) is 19.6 Å². The number of nitriles is 1. The number of benzene rings is 1. The van der Waals surface area contributed by atoms with E-state index < -0.39 is 0 Å². The molecule has 2 heterocycles. The van der Waals surface area contributed by atoms with Gasteiger partial charge in [-0.3, -0.25) is 15.6 Å². The summed E-state index contributed by atoms with van der Waals surface area (Å²) >= 11 is 0. The van der Waals surface area contributed by atoms with Crippen molar-refractivity contribution >= 4 is 28.4 Å². The maximum absolute atomic E-state index is 11.2. The fourth-order valence-electron chi connectivity index (χ4n) is 2.07. The highest BCUT2D eigenvalue weighted by Gasteiger charge is 2.09. The van der Waals surface area contributed by atoms with E-state index in [-0.39, 0.29) is 16.9 Å². The second-order valence-corrected chi connectivity index (χ2v) is 4.86. The fraction of sp³-hybridized carbons (Fsp3) is 0.0667. The molecule has 0 radical (unpaired) electrons. The van der Waals surface area contributed by atoms with Crippen molar-refractivity contribution in [2.45, 2.75) is 6.92 Å². The summed E-state index contributed by atoms with van der Waals surface area (Å²) in [5.41, 5.74) is 4.41. The maximum atomic E-state index is 11.2.